The number of hydrogen-bond donors (Lipinski definition) is 3. The monoisotopic (exact) mass is 244 g/mol. The average Bonchev–Trinajstić information content (AvgIpc) is 2.32. The van der Waals surface area contributed by atoms with Crippen LogP contribution in [0, 0.1) is 11.3 Å². The van der Waals surface area contributed by atoms with Crippen LogP contribution in [0.15, 0.2) is 0 Å². The number of hydrogen-bond acceptors (Lipinski definition) is 3. The SMILES string of the molecule is CCC(CNC(=O)C(CC)(CC)CN)C(=O)O. The van der Waals surface area contributed by atoms with E-state index in [0.29, 0.717) is 19.3 Å². The zero-order valence-electron chi connectivity index (χ0n) is 11.0. The van der Waals surface area contributed by atoms with E-state index in [1.807, 2.05) is 13.8 Å². The topological polar surface area (TPSA) is 92.4 Å². The second kappa shape index (κ2) is 7.27. The summed E-state index contributed by atoms with van der Waals surface area (Å²) < 4.78 is 0. The van der Waals surface area contributed by atoms with E-state index in [1.54, 1.807) is 6.92 Å². The molecule has 17 heavy (non-hydrogen) atoms. The second-order valence-electron chi connectivity index (χ2n) is 4.34. The van der Waals surface area contributed by atoms with Crippen molar-refractivity contribution in [2.45, 2.75) is 40.0 Å². The van der Waals surface area contributed by atoms with Gasteiger partial charge in [-0.1, -0.05) is 20.8 Å². The molecule has 0 aromatic carbocycles. The Morgan fingerprint density at radius 1 is 1.29 bits per heavy atom. The van der Waals surface area contributed by atoms with Gasteiger partial charge in [-0.05, 0) is 19.3 Å². The van der Waals surface area contributed by atoms with Crippen molar-refractivity contribution in [3.63, 3.8) is 0 Å². The molecule has 0 aromatic heterocycles. The molecule has 4 N–H and O–H groups in total. The Labute approximate surface area is 103 Å². The van der Waals surface area contributed by atoms with Crippen LogP contribution in [0.5, 0.6) is 0 Å². The summed E-state index contributed by atoms with van der Waals surface area (Å²) in [5.74, 6) is -1.54. The van der Waals surface area contributed by atoms with Gasteiger partial charge in [-0.3, -0.25) is 9.59 Å². The number of nitrogens with two attached hydrogens (primary N) is 1. The van der Waals surface area contributed by atoms with Crippen LogP contribution in [0.3, 0.4) is 0 Å². The van der Waals surface area contributed by atoms with Gasteiger partial charge in [0.15, 0.2) is 0 Å². The lowest BCUT2D eigenvalue weighted by molar-refractivity contribution is -0.142. The molecule has 100 valence electrons. The van der Waals surface area contributed by atoms with Gasteiger partial charge < -0.3 is 16.2 Å². The number of carboxylic acids is 1. The van der Waals surface area contributed by atoms with E-state index in [4.69, 9.17) is 10.8 Å². The van der Waals surface area contributed by atoms with Crippen LogP contribution in [-0.4, -0.2) is 30.1 Å². The molecule has 0 spiro atoms. The van der Waals surface area contributed by atoms with Crippen molar-refractivity contribution in [1.29, 1.82) is 0 Å². The lowest BCUT2D eigenvalue weighted by Crippen LogP contribution is -2.47. The van der Waals surface area contributed by atoms with Gasteiger partial charge in [0, 0.05) is 13.1 Å². The molecule has 1 atom stereocenters. The summed E-state index contributed by atoms with van der Waals surface area (Å²) >= 11 is 0. The van der Waals surface area contributed by atoms with Gasteiger partial charge in [0.05, 0.1) is 11.3 Å². The van der Waals surface area contributed by atoms with Crippen LogP contribution < -0.4 is 11.1 Å². The molecule has 0 aliphatic carbocycles. The Bertz CT molecular complexity index is 254. The predicted octanol–water partition coefficient (Wildman–Crippen LogP) is 0.979. The van der Waals surface area contributed by atoms with Crippen molar-refractivity contribution in [2.75, 3.05) is 13.1 Å². The highest BCUT2D eigenvalue weighted by Crippen LogP contribution is 2.25. The third kappa shape index (κ3) is 4.00. The van der Waals surface area contributed by atoms with E-state index in [1.165, 1.54) is 0 Å². The van der Waals surface area contributed by atoms with E-state index in [2.05, 4.69) is 5.32 Å². The molecule has 0 heterocycles. The zero-order chi connectivity index (χ0) is 13.5. The molecular weight excluding hydrogens is 220 g/mol. The average molecular weight is 244 g/mol. The second-order valence-corrected chi connectivity index (χ2v) is 4.34. The number of aliphatic carboxylic acids is 1. The third-order valence-corrected chi connectivity index (χ3v) is 3.58. The molecule has 0 saturated carbocycles. The molecule has 0 aliphatic heterocycles. The molecule has 0 radical (unpaired) electrons. The van der Waals surface area contributed by atoms with Crippen molar-refractivity contribution >= 4 is 11.9 Å². The van der Waals surface area contributed by atoms with Gasteiger partial charge in [0.2, 0.25) is 5.91 Å². The Morgan fingerprint density at radius 3 is 2.12 bits per heavy atom. The first-order valence-corrected chi connectivity index (χ1v) is 6.18. The molecule has 0 saturated heterocycles. The number of amides is 1. The first kappa shape index (κ1) is 15.9. The summed E-state index contributed by atoms with van der Waals surface area (Å²) in [6.07, 6.45) is 1.83. The molecule has 0 bridgehead atoms. The largest absolute Gasteiger partial charge is 0.481 e. The van der Waals surface area contributed by atoms with Crippen LogP contribution in [-0.2, 0) is 9.59 Å². The number of carbonyl (C=O) groups excluding carboxylic acids is 1. The van der Waals surface area contributed by atoms with Gasteiger partial charge in [0.25, 0.3) is 0 Å². The van der Waals surface area contributed by atoms with Crippen molar-refractivity contribution in [3.8, 4) is 0 Å². The maximum absolute atomic E-state index is 12.0. The minimum absolute atomic E-state index is 0.135. The summed E-state index contributed by atoms with van der Waals surface area (Å²) in [6.45, 7) is 6.09. The summed E-state index contributed by atoms with van der Waals surface area (Å²) in [4.78, 5) is 22.8. The van der Waals surface area contributed by atoms with Gasteiger partial charge >= 0.3 is 5.97 Å². The van der Waals surface area contributed by atoms with E-state index >= 15 is 0 Å². The first-order chi connectivity index (χ1) is 7.97. The van der Waals surface area contributed by atoms with E-state index < -0.39 is 17.3 Å². The summed E-state index contributed by atoms with van der Waals surface area (Å²) in [6, 6.07) is 0. The fourth-order valence-electron chi connectivity index (χ4n) is 1.76. The normalized spacial score (nSPS) is 13.2. The van der Waals surface area contributed by atoms with E-state index in [9.17, 15) is 9.59 Å². The highest BCUT2D eigenvalue weighted by Gasteiger charge is 2.33. The molecule has 0 rings (SSSR count). The maximum atomic E-state index is 12.0. The van der Waals surface area contributed by atoms with Crippen LogP contribution in [0.4, 0.5) is 0 Å². The molecule has 1 unspecified atom stereocenters. The smallest absolute Gasteiger partial charge is 0.308 e. The van der Waals surface area contributed by atoms with Gasteiger partial charge in [0.1, 0.15) is 0 Å². The summed E-state index contributed by atoms with van der Waals surface area (Å²) in [5.41, 5.74) is 5.09. The summed E-state index contributed by atoms with van der Waals surface area (Å²) in [5, 5.41) is 11.6. The molecule has 5 nitrogen and oxygen atoms in total. The van der Waals surface area contributed by atoms with E-state index in [-0.39, 0.29) is 19.0 Å². The first-order valence-electron chi connectivity index (χ1n) is 6.18. The maximum Gasteiger partial charge on any atom is 0.308 e. The lowest BCUT2D eigenvalue weighted by Gasteiger charge is -2.29. The molecular formula is C12H24N2O3. The van der Waals surface area contributed by atoms with Crippen LogP contribution in [0.2, 0.25) is 0 Å². The zero-order valence-corrected chi connectivity index (χ0v) is 11.0. The Morgan fingerprint density at radius 2 is 1.82 bits per heavy atom. The molecule has 1 amide bonds. The Hall–Kier alpha value is -1.10. The number of nitrogens with one attached hydrogen (secondary N) is 1. The van der Waals surface area contributed by atoms with Crippen LogP contribution in [0.25, 0.3) is 0 Å². The number of rotatable bonds is 8. The van der Waals surface area contributed by atoms with Gasteiger partial charge in [-0.2, -0.15) is 0 Å². The van der Waals surface area contributed by atoms with Crippen LogP contribution >= 0.6 is 0 Å². The predicted molar refractivity (Wildman–Crippen MR) is 66.5 cm³/mol. The fourth-order valence-corrected chi connectivity index (χ4v) is 1.76. The number of carbonyl (C=O) groups is 2. The molecule has 0 fully saturated rings. The van der Waals surface area contributed by atoms with Crippen molar-refractivity contribution in [3.05, 3.63) is 0 Å². The Balaban J connectivity index is 4.47. The van der Waals surface area contributed by atoms with E-state index in [0.717, 1.165) is 0 Å². The van der Waals surface area contributed by atoms with Crippen molar-refractivity contribution in [2.24, 2.45) is 17.1 Å². The van der Waals surface area contributed by atoms with Crippen molar-refractivity contribution < 1.29 is 14.7 Å². The molecule has 0 aliphatic rings. The van der Waals surface area contributed by atoms with Gasteiger partial charge in [-0.25, -0.2) is 0 Å². The highest BCUT2D eigenvalue weighted by atomic mass is 16.4. The Kier molecular flexibility index (Phi) is 6.80. The quantitative estimate of drug-likeness (QED) is 0.593. The summed E-state index contributed by atoms with van der Waals surface area (Å²) in [7, 11) is 0. The van der Waals surface area contributed by atoms with Crippen LogP contribution in [0.1, 0.15) is 40.0 Å². The third-order valence-electron chi connectivity index (χ3n) is 3.58. The minimum atomic E-state index is -0.876. The van der Waals surface area contributed by atoms with Gasteiger partial charge in [-0.15, -0.1) is 0 Å². The minimum Gasteiger partial charge on any atom is -0.481 e. The standard InChI is InChI=1S/C12H24N2O3/c1-4-9(10(15)16)7-14-11(17)12(5-2,6-3)8-13/h9H,4-8,13H2,1-3H3,(H,14,17)(H,15,16). The van der Waals surface area contributed by atoms with Crippen molar-refractivity contribution in [1.82, 2.24) is 5.32 Å². The lowest BCUT2D eigenvalue weighted by atomic mass is 9.81. The fraction of sp³-hybridized carbons (Fsp3) is 0.833. The molecule has 5 heteroatoms. The highest BCUT2D eigenvalue weighted by molar-refractivity contribution is 5.83. The number of carboxylic acid groups (broad SMARTS) is 1. The molecule has 0 aromatic rings.